The second-order valence-corrected chi connectivity index (χ2v) is 8.20. The quantitative estimate of drug-likeness (QED) is 0.666. The number of anilines is 1. The Labute approximate surface area is 170 Å². The SMILES string of the molecule is COc1ccc2nccc(N3CCC(Cn4nc(C5CC5)ccc4=O)CC3)c2c1. The minimum absolute atomic E-state index is 0.0176. The van der Waals surface area contributed by atoms with Gasteiger partial charge in [-0.1, -0.05) is 0 Å². The molecule has 0 atom stereocenters. The molecule has 2 aliphatic rings. The highest BCUT2D eigenvalue weighted by Crippen LogP contribution is 2.38. The van der Waals surface area contributed by atoms with E-state index in [-0.39, 0.29) is 5.56 Å². The number of aromatic nitrogens is 3. The molecule has 1 saturated carbocycles. The van der Waals surface area contributed by atoms with Gasteiger partial charge in [-0.2, -0.15) is 5.10 Å². The molecule has 3 aromatic rings. The maximum atomic E-state index is 12.3. The molecule has 0 N–H and O–H groups in total. The van der Waals surface area contributed by atoms with Gasteiger partial charge in [-0.3, -0.25) is 9.78 Å². The number of hydrogen-bond acceptors (Lipinski definition) is 5. The van der Waals surface area contributed by atoms with Crippen LogP contribution in [0.1, 0.15) is 37.3 Å². The van der Waals surface area contributed by atoms with E-state index in [1.165, 1.54) is 18.5 Å². The van der Waals surface area contributed by atoms with Gasteiger partial charge in [-0.05, 0) is 61.9 Å². The molecule has 5 rings (SSSR count). The van der Waals surface area contributed by atoms with Crippen molar-refractivity contribution in [3.63, 3.8) is 0 Å². The first-order chi connectivity index (χ1) is 14.2. The fourth-order valence-electron chi connectivity index (χ4n) is 4.31. The average Bonchev–Trinajstić information content (AvgIpc) is 3.60. The number of benzene rings is 1. The Hall–Kier alpha value is -2.89. The Morgan fingerprint density at radius 1 is 1.07 bits per heavy atom. The van der Waals surface area contributed by atoms with E-state index in [1.807, 2.05) is 24.4 Å². The monoisotopic (exact) mass is 390 g/mol. The molecule has 6 heteroatoms. The van der Waals surface area contributed by atoms with Crippen LogP contribution in [0.2, 0.25) is 0 Å². The highest BCUT2D eigenvalue weighted by atomic mass is 16.5. The highest BCUT2D eigenvalue weighted by Gasteiger charge is 2.26. The molecule has 1 saturated heterocycles. The number of ether oxygens (including phenoxy) is 1. The minimum Gasteiger partial charge on any atom is -0.497 e. The molecule has 6 nitrogen and oxygen atoms in total. The number of hydrogen-bond donors (Lipinski definition) is 0. The Kier molecular flexibility index (Phi) is 4.70. The predicted octanol–water partition coefficient (Wildman–Crippen LogP) is 3.59. The van der Waals surface area contributed by atoms with Crippen molar-refractivity contribution >= 4 is 16.6 Å². The molecule has 0 radical (unpaired) electrons. The van der Waals surface area contributed by atoms with E-state index in [1.54, 1.807) is 17.9 Å². The molecule has 150 valence electrons. The van der Waals surface area contributed by atoms with E-state index >= 15 is 0 Å². The van der Waals surface area contributed by atoms with Gasteiger partial charge in [0.2, 0.25) is 0 Å². The van der Waals surface area contributed by atoms with Crippen LogP contribution >= 0.6 is 0 Å². The van der Waals surface area contributed by atoms with Gasteiger partial charge >= 0.3 is 0 Å². The van der Waals surface area contributed by atoms with E-state index in [9.17, 15) is 4.79 Å². The number of methoxy groups -OCH3 is 1. The molecule has 0 bridgehead atoms. The lowest BCUT2D eigenvalue weighted by molar-refractivity contribution is 0.334. The summed E-state index contributed by atoms with van der Waals surface area (Å²) in [5, 5.41) is 5.76. The third kappa shape index (κ3) is 3.71. The smallest absolute Gasteiger partial charge is 0.266 e. The van der Waals surface area contributed by atoms with Crippen LogP contribution in [-0.4, -0.2) is 35.0 Å². The van der Waals surface area contributed by atoms with Gasteiger partial charge in [0, 0.05) is 48.9 Å². The first-order valence-corrected chi connectivity index (χ1v) is 10.5. The third-order valence-electron chi connectivity index (χ3n) is 6.19. The summed E-state index contributed by atoms with van der Waals surface area (Å²) in [5.41, 5.74) is 3.29. The van der Waals surface area contributed by atoms with Crippen molar-refractivity contribution in [2.45, 2.75) is 38.1 Å². The minimum atomic E-state index is 0.0176. The maximum absolute atomic E-state index is 12.3. The fourth-order valence-corrected chi connectivity index (χ4v) is 4.31. The summed E-state index contributed by atoms with van der Waals surface area (Å²) in [4.78, 5) is 19.2. The fraction of sp³-hybridized carbons (Fsp3) is 0.435. The van der Waals surface area contributed by atoms with Crippen molar-refractivity contribution in [3.8, 4) is 5.75 Å². The van der Waals surface area contributed by atoms with Crippen molar-refractivity contribution in [1.82, 2.24) is 14.8 Å². The van der Waals surface area contributed by atoms with Gasteiger partial charge < -0.3 is 9.64 Å². The molecule has 1 aromatic carbocycles. The predicted molar refractivity (Wildman–Crippen MR) is 114 cm³/mol. The van der Waals surface area contributed by atoms with Crippen molar-refractivity contribution in [1.29, 1.82) is 0 Å². The van der Waals surface area contributed by atoms with E-state index in [2.05, 4.69) is 27.1 Å². The molecule has 0 amide bonds. The maximum Gasteiger partial charge on any atom is 0.266 e. The molecule has 0 spiro atoms. The molecular weight excluding hydrogens is 364 g/mol. The second kappa shape index (κ2) is 7.50. The van der Waals surface area contributed by atoms with Crippen molar-refractivity contribution < 1.29 is 4.74 Å². The topological polar surface area (TPSA) is 60.2 Å². The number of fused-ring (bicyclic) bond motifs is 1. The van der Waals surface area contributed by atoms with Crippen LogP contribution in [0.15, 0.2) is 47.4 Å². The summed E-state index contributed by atoms with van der Waals surface area (Å²) < 4.78 is 7.10. The normalized spacial score (nSPS) is 17.6. The summed E-state index contributed by atoms with van der Waals surface area (Å²) >= 11 is 0. The van der Waals surface area contributed by atoms with Crippen LogP contribution < -0.4 is 15.2 Å². The molecule has 29 heavy (non-hydrogen) atoms. The van der Waals surface area contributed by atoms with Crippen LogP contribution in [-0.2, 0) is 6.54 Å². The van der Waals surface area contributed by atoms with Crippen LogP contribution in [0.25, 0.3) is 10.9 Å². The standard InChI is InChI=1S/C23H26N4O2/c1-29-18-4-5-21-19(14-18)22(8-11-24-21)26-12-9-16(10-13-26)15-27-23(28)7-6-20(25-27)17-2-3-17/h4-8,11,14,16-17H,2-3,9-10,12-13,15H2,1H3. The number of nitrogens with zero attached hydrogens (tertiary/aromatic N) is 4. The molecule has 3 heterocycles. The summed E-state index contributed by atoms with van der Waals surface area (Å²) in [7, 11) is 1.69. The Morgan fingerprint density at radius 3 is 2.66 bits per heavy atom. The van der Waals surface area contributed by atoms with Gasteiger partial charge in [0.05, 0.1) is 18.3 Å². The lowest BCUT2D eigenvalue weighted by Gasteiger charge is -2.34. The first kappa shape index (κ1) is 18.2. The lowest BCUT2D eigenvalue weighted by atomic mass is 9.96. The molecule has 0 unspecified atom stereocenters. The number of piperidine rings is 1. The molecule has 2 fully saturated rings. The van der Waals surface area contributed by atoms with Gasteiger partial charge in [-0.15, -0.1) is 0 Å². The van der Waals surface area contributed by atoms with Crippen LogP contribution in [0.4, 0.5) is 5.69 Å². The molecule has 1 aliphatic carbocycles. The van der Waals surface area contributed by atoms with Gasteiger partial charge in [-0.25, -0.2) is 4.68 Å². The molecular formula is C23H26N4O2. The molecule has 1 aliphatic heterocycles. The summed E-state index contributed by atoms with van der Waals surface area (Å²) in [6, 6.07) is 11.7. The van der Waals surface area contributed by atoms with E-state index in [4.69, 9.17) is 4.74 Å². The summed E-state index contributed by atoms with van der Waals surface area (Å²) in [6.45, 7) is 2.66. The zero-order chi connectivity index (χ0) is 19.8. The zero-order valence-corrected chi connectivity index (χ0v) is 16.8. The summed E-state index contributed by atoms with van der Waals surface area (Å²) in [6.07, 6.45) is 6.39. The van der Waals surface area contributed by atoms with Crippen molar-refractivity contribution in [2.24, 2.45) is 5.92 Å². The van der Waals surface area contributed by atoms with Gasteiger partial charge in [0.1, 0.15) is 5.75 Å². The number of pyridine rings is 1. The van der Waals surface area contributed by atoms with E-state index < -0.39 is 0 Å². The lowest BCUT2D eigenvalue weighted by Crippen LogP contribution is -2.37. The number of rotatable bonds is 5. The van der Waals surface area contributed by atoms with Gasteiger partial charge in [0.25, 0.3) is 5.56 Å². The zero-order valence-electron chi connectivity index (χ0n) is 16.8. The van der Waals surface area contributed by atoms with E-state index in [0.717, 1.165) is 54.8 Å². The Balaban J connectivity index is 1.30. The average molecular weight is 390 g/mol. The summed E-state index contributed by atoms with van der Waals surface area (Å²) in [5.74, 6) is 1.90. The Morgan fingerprint density at radius 2 is 1.90 bits per heavy atom. The second-order valence-electron chi connectivity index (χ2n) is 8.20. The Bertz CT molecular complexity index is 1080. The van der Waals surface area contributed by atoms with Gasteiger partial charge in [0.15, 0.2) is 0 Å². The van der Waals surface area contributed by atoms with E-state index in [0.29, 0.717) is 11.8 Å². The first-order valence-electron chi connectivity index (χ1n) is 10.5. The third-order valence-corrected chi connectivity index (χ3v) is 6.19. The van der Waals surface area contributed by atoms with Crippen LogP contribution in [0.3, 0.4) is 0 Å². The van der Waals surface area contributed by atoms with Crippen molar-refractivity contribution in [2.75, 3.05) is 25.1 Å². The van der Waals surface area contributed by atoms with Crippen molar-refractivity contribution in [3.05, 3.63) is 58.6 Å². The largest absolute Gasteiger partial charge is 0.497 e. The molecule has 2 aromatic heterocycles. The van der Waals surface area contributed by atoms with Crippen LogP contribution in [0, 0.1) is 5.92 Å². The van der Waals surface area contributed by atoms with Crippen LogP contribution in [0.5, 0.6) is 5.75 Å². The highest BCUT2D eigenvalue weighted by molar-refractivity contribution is 5.92.